The van der Waals surface area contributed by atoms with Gasteiger partial charge in [0.15, 0.2) is 0 Å². The fraction of sp³-hybridized carbons (Fsp3) is 0.333. The van der Waals surface area contributed by atoms with Crippen molar-refractivity contribution in [2.24, 2.45) is 0 Å². The third-order valence-corrected chi connectivity index (χ3v) is 2.36. The standard InChI is InChI=1S/C9H12N4O2S/c1-3-15-9(14)6-4-8(16)13-7(10-6)5-12(2)11-13/h4-5,10-11H,3H2,1-2H3. The highest BCUT2D eigenvalue weighted by molar-refractivity contribution is 7.80. The largest absolute Gasteiger partial charge is 0.461 e. The minimum Gasteiger partial charge on any atom is -0.461 e. The Balaban J connectivity index is 2.19. The lowest BCUT2D eigenvalue weighted by Crippen LogP contribution is -2.47. The summed E-state index contributed by atoms with van der Waals surface area (Å²) in [5, 5.41) is 6.34. The molecule has 0 unspecified atom stereocenters. The molecular formula is C9H12N4O2S. The Morgan fingerprint density at radius 2 is 2.38 bits per heavy atom. The first-order chi connectivity index (χ1) is 7.61. The lowest BCUT2D eigenvalue weighted by Gasteiger charge is -2.26. The Morgan fingerprint density at radius 1 is 1.62 bits per heavy atom. The summed E-state index contributed by atoms with van der Waals surface area (Å²) in [5.74, 6) is 0.304. The molecule has 2 aliphatic rings. The Hall–Kier alpha value is -1.60. The molecule has 7 heteroatoms. The van der Waals surface area contributed by atoms with Crippen LogP contribution in [0.3, 0.4) is 0 Å². The monoisotopic (exact) mass is 240 g/mol. The number of carbonyl (C=O) groups excluding carboxylic acids is 1. The van der Waals surface area contributed by atoms with Crippen LogP contribution in [0.2, 0.25) is 0 Å². The van der Waals surface area contributed by atoms with Crippen LogP contribution in [0, 0.1) is 0 Å². The number of fused-ring (bicyclic) bond motifs is 1. The summed E-state index contributed by atoms with van der Waals surface area (Å²) >= 11 is 5.15. The maximum absolute atomic E-state index is 11.5. The first kappa shape index (κ1) is 10.9. The highest BCUT2D eigenvalue weighted by Gasteiger charge is 2.28. The van der Waals surface area contributed by atoms with Crippen molar-refractivity contribution in [1.82, 2.24) is 20.9 Å². The second-order valence-corrected chi connectivity index (χ2v) is 3.72. The third kappa shape index (κ3) is 1.86. The zero-order valence-electron chi connectivity index (χ0n) is 8.98. The molecule has 0 spiro atoms. The number of carbonyl (C=O) groups is 1. The molecule has 2 aliphatic heterocycles. The number of thiocarbonyl (C=S) groups is 1. The molecule has 6 nitrogen and oxygen atoms in total. The highest BCUT2D eigenvalue weighted by Crippen LogP contribution is 2.16. The van der Waals surface area contributed by atoms with Gasteiger partial charge in [0.2, 0.25) is 0 Å². The van der Waals surface area contributed by atoms with Crippen molar-refractivity contribution < 1.29 is 9.53 Å². The van der Waals surface area contributed by atoms with Gasteiger partial charge in [-0.25, -0.2) is 9.80 Å². The van der Waals surface area contributed by atoms with Crippen LogP contribution >= 0.6 is 12.2 Å². The van der Waals surface area contributed by atoms with Crippen LogP contribution in [0.15, 0.2) is 23.8 Å². The van der Waals surface area contributed by atoms with E-state index >= 15 is 0 Å². The quantitative estimate of drug-likeness (QED) is 0.513. The van der Waals surface area contributed by atoms with Gasteiger partial charge in [-0.15, -0.1) is 5.53 Å². The average Bonchev–Trinajstić information content (AvgIpc) is 2.59. The predicted molar refractivity (Wildman–Crippen MR) is 61.3 cm³/mol. The van der Waals surface area contributed by atoms with E-state index in [1.807, 2.05) is 7.05 Å². The molecule has 0 amide bonds. The van der Waals surface area contributed by atoms with E-state index in [2.05, 4.69) is 10.9 Å². The van der Waals surface area contributed by atoms with E-state index in [9.17, 15) is 4.79 Å². The molecule has 0 atom stereocenters. The molecule has 0 saturated heterocycles. The summed E-state index contributed by atoms with van der Waals surface area (Å²) in [6.07, 6.45) is 3.36. The van der Waals surface area contributed by atoms with Crippen molar-refractivity contribution in [2.75, 3.05) is 13.7 Å². The molecule has 0 aliphatic carbocycles. The molecule has 2 N–H and O–H groups in total. The predicted octanol–water partition coefficient (Wildman–Crippen LogP) is -0.170. The van der Waals surface area contributed by atoms with Crippen LogP contribution in [0.1, 0.15) is 6.92 Å². The second kappa shape index (κ2) is 4.11. The summed E-state index contributed by atoms with van der Waals surface area (Å²) in [6, 6.07) is 0. The van der Waals surface area contributed by atoms with Crippen molar-refractivity contribution in [3.05, 3.63) is 23.8 Å². The number of esters is 1. The van der Waals surface area contributed by atoms with Crippen LogP contribution in [-0.4, -0.2) is 34.6 Å². The molecule has 16 heavy (non-hydrogen) atoms. The van der Waals surface area contributed by atoms with E-state index in [4.69, 9.17) is 17.0 Å². The van der Waals surface area contributed by atoms with E-state index in [0.717, 1.165) is 0 Å². The first-order valence-electron chi connectivity index (χ1n) is 4.82. The highest BCUT2D eigenvalue weighted by atomic mass is 32.1. The molecule has 0 fully saturated rings. The number of nitrogens with zero attached hydrogens (tertiary/aromatic N) is 2. The van der Waals surface area contributed by atoms with Crippen LogP contribution in [-0.2, 0) is 9.53 Å². The minimum absolute atomic E-state index is 0.339. The SMILES string of the molecule is CCOC(=O)C1=CC(=S)N2NN(C)C=C2N1. The summed E-state index contributed by atoms with van der Waals surface area (Å²) in [5.41, 5.74) is 3.32. The van der Waals surface area contributed by atoms with E-state index in [1.54, 1.807) is 29.2 Å². The number of hydrazine groups is 2. The molecule has 0 saturated carbocycles. The van der Waals surface area contributed by atoms with Gasteiger partial charge in [0.25, 0.3) is 0 Å². The fourth-order valence-electron chi connectivity index (χ4n) is 1.42. The molecular weight excluding hydrogens is 228 g/mol. The van der Waals surface area contributed by atoms with Gasteiger partial charge in [0.05, 0.1) is 12.8 Å². The van der Waals surface area contributed by atoms with Crippen molar-refractivity contribution >= 4 is 23.2 Å². The number of rotatable bonds is 2. The number of hydrogen-bond acceptors (Lipinski definition) is 6. The zero-order chi connectivity index (χ0) is 11.7. The van der Waals surface area contributed by atoms with Gasteiger partial charge in [-0.1, -0.05) is 12.2 Å². The van der Waals surface area contributed by atoms with Gasteiger partial charge >= 0.3 is 5.97 Å². The maximum atomic E-state index is 11.5. The van der Waals surface area contributed by atoms with Gasteiger partial charge < -0.3 is 10.1 Å². The molecule has 0 aromatic rings. The van der Waals surface area contributed by atoms with E-state index in [1.165, 1.54) is 0 Å². The van der Waals surface area contributed by atoms with Crippen LogP contribution < -0.4 is 10.9 Å². The van der Waals surface area contributed by atoms with Crippen LogP contribution in [0.25, 0.3) is 0 Å². The molecule has 0 aromatic carbocycles. The molecule has 0 radical (unpaired) electrons. The van der Waals surface area contributed by atoms with Crippen molar-refractivity contribution in [3.63, 3.8) is 0 Å². The number of nitrogens with one attached hydrogen (secondary N) is 2. The normalized spacial score (nSPS) is 18.8. The summed E-state index contributed by atoms with van der Waals surface area (Å²) < 4.78 is 4.90. The van der Waals surface area contributed by atoms with E-state index < -0.39 is 5.97 Å². The molecule has 86 valence electrons. The maximum Gasteiger partial charge on any atom is 0.354 e. The van der Waals surface area contributed by atoms with E-state index in [0.29, 0.717) is 23.1 Å². The van der Waals surface area contributed by atoms with Gasteiger partial charge in [0.1, 0.15) is 16.5 Å². The number of hydrogen-bond donors (Lipinski definition) is 2. The summed E-state index contributed by atoms with van der Waals surface area (Å²) in [6.45, 7) is 2.10. The van der Waals surface area contributed by atoms with Crippen LogP contribution in [0.4, 0.5) is 0 Å². The fourth-order valence-corrected chi connectivity index (χ4v) is 1.68. The smallest absolute Gasteiger partial charge is 0.354 e. The molecule has 0 aromatic heterocycles. The second-order valence-electron chi connectivity index (χ2n) is 3.30. The van der Waals surface area contributed by atoms with Gasteiger partial charge in [0, 0.05) is 13.1 Å². The Morgan fingerprint density at radius 3 is 3.06 bits per heavy atom. The van der Waals surface area contributed by atoms with Gasteiger partial charge in [-0.2, -0.15) is 0 Å². The lowest BCUT2D eigenvalue weighted by atomic mass is 10.3. The Kier molecular flexibility index (Phi) is 2.80. The minimum atomic E-state index is -0.403. The summed E-state index contributed by atoms with van der Waals surface area (Å²) in [7, 11) is 1.83. The zero-order valence-corrected chi connectivity index (χ0v) is 9.80. The Labute approximate surface area is 98.5 Å². The van der Waals surface area contributed by atoms with Crippen molar-refractivity contribution in [2.45, 2.75) is 6.92 Å². The van der Waals surface area contributed by atoms with Crippen molar-refractivity contribution in [3.8, 4) is 0 Å². The Bertz CT molecular complexity index is 404. The summed E-state index contributed by atoms with van der Waals surface area (Å²) in [4.78, 5) is 12.0. The van der Waals surface area contributed by atoms with Crippen molar-refractivity contribution in [1.29, 1.82) is 0 Å². The molecule has 0 bridgehead atoms. The van der Waals surface area contributed by atoms with E-state index in [-0.39, 0.29) is 0 Å². The number of ether oxygens (including phenoxy) is 1. The molecule has 2 heterocycles. The van der Waals surface area contributed by atoms with Crippen LogP contribution in [0.5, 0.6) is 0 Å². The third-order valence-electron chi connectivity index (χ3n) is 2.06. The van der Waals surface area contributed by atoms with Gasteiger partial charge in [-0.05, 0) is 6.92 Å². The first-order valence-corrected chi connectivity index (χ1v) is 5.23. The molecule has 2 rings (SSSR count). The van der Waals surface area contributed by atoms with Gasteiger partial charge in [-0.3, -0.25) is 5.01 Å². The topological polar surface area (TPSA) is 56.8 Å². The average molecular weight is 240 g/mol. The lowest BCUT2D eigenvalue weighted by molar-refractivity contribution is -0.138.